The molecule has 32 heavy (non-hydrogen) atoms. The Labute approximate surface area is 183 Å². The van der Waals surface area contributed by atoms with E-state index in [0.717, 1.165) is 18.6 Å². The predicted molar refractivity (Wildman–Crippen MR) is 113 cm³/mol. The fourth-order valence-electron chi connectivity index (χ4n) is 3.26. The van der Waals surface area contributed by atoms with Crippen molar-refractivity contribution in [2.75, 3.05) is 37.6 Å². The quantitative estimate of drug-likeness (QED) is 0.373. The second-order valence-corrected chi connectivity index (χ2v) is 6.81. The Morgan fingerprint density at radius 2 is 1.88 bits per heavy atom. The average Bonchev–Trinajstić information content (AvgIpc) is 3.22. The number of ether oxygens (including phenoxy) is 3. The van der Waals surface area contributed by atoms with E-state index in [9.17, 15) is 24.5 Å². The van der Waals surface area contributed by atoms with Crippen molar-refractivity contribution in [3.8, 4) is 11.5 Å². The van der Waals surface area contributed by atoms with E-state index in [1.165, 1.54) is 14.2 Å². The summed E-state index contributed by atoms with van der Waals surface area (Å²) < 4.78 is 15.0. The van der Waals surface area contributed by atoms with E-state index in [2.05, 4.69) is 5.32 Å². The summed E-state index contributed by atoms with van der Waals surface area (Å²) in [5.74, 6) is -1.53. The van der Waals surface area contributed by atoms with Crippen LogP contribution in [0.15, 0.2) is 36.4 Å². The zero-order chi connectivity index (χ0) is 23.3. The van der Waals surface area contributed by atoms with Crippen LogP contribution in [-0.2, 0) is 14.3 Å². The molecule has 1 saturated heterocycles. The highest BCUT2D eigenvalue weighted by Crippen LogP contribution is 2.34. The van der Waals surface area contributed by atoms with Crippen LogP contribution in [0.2, 0.25) is 0 Å². The molecule has 0 saturated carbocycles. The first-order valence-corrected chi connectivity index (χ1v) is 9.62. The minimum absolute atomic E-state index is 0.0129. The summed E-state index contributed by atoms with van der Waals surface area (Å²) in [6, 6.07) is 8.88. The first-order valence-electron chi connectivity index (χ1n) is 9.62. The van der Waals surface area contributed by atoms with Crippen molar-refractivity contribution in [2.24, 2.45) is 0 Å². The molecule has 0 radical (unpaired) electrons. The molecule has 1 heterocycles. The van der Waals surface area contributed by atoms with Gasteiger partial charge in [-0.1, -0.05) is 6.07 Å². The number of nitro benzene ring substituents is 1. The summed E-state index contributed by atoms with van der Waals surface area (Å²) in [7, 11) is 2.62. The molecule has 3 rings (SSSR count). The maximum absolute atomic E-state index is 12.4. The van der Waals surface area contributed by atoms with Gasteiger partial charge in [-0.25, -0.2) is 4.79 Å². The highest BCUT2D eigenvalue weighted by atomic mass is 16.6. The molecule has 1 aliphatic rings. The Morgan fingerprint density at radius 1 is 1.16 bits per heavy atom. The van der Waals surface area contributed by atoms with E-state index >= 15 is 0 Å². The van der Waals surface area contributed by atoms with Gasteiger partial charge in [-0.15, -0.1) is 0 Å². The zero-order valence-corrected chi connectivity index (χ0v) is 17.5. The summed E-state index contributed by atoms with van der Waals surface area (Å²) in [5, 5.41) is 13.9. The molecule has 0 aliphatic carbocycles. The van der Waals surface area contributed by atoms with Crippen molar-refractivity contribution in [1.29, 1.82) is 0 Å². The standard InChI is InChI=1S/C21H21N3O8/c1-30-17-10-15(16(24(28)29)11-18(17)31-2)21(27)32-12-19(25)22-13-5-3-6-14(9-13)23-8-4-7-20(23)26/h3,5-6,9-11H,4,7-8,12H2,1-2H3,(H,22,25). The smallest absolute Gasteiger partial charge is 0.345 e. The minimum atomic E-state index is -1.07. The maximum atomic E-state index is 12.4. The molecular weight excluding hydrogens is 422 g/mol. The van der Waals surface area contributed by atoms with Crippen LogP contribution in [0.25, 0.3) is 0 Å². The Balaban J connectivity index is 1.67. The SMILES string of the molecule is COc1cc(C(=O)OCC(=O)Nc2cccc(N3CCCC3=O)c2)c([N+](=O)[O-])cc1OC. The number of nitro groups is 1. The Morgan fingerprint density at radius 3 is 2.50 bits per heavy atom. The number of amides is 2. The number of carbonyl (C=O) groups excluding carboxylic acids is 3. The molecule has 0 spiro atoms. The second-order valence-electron chi connectivity index (χ2n) is 6.81. The molecule has 1 fully saturated rings. The van der Waals surface area contributed by atoms with Gasteiger partial charge in [0, 0.05) is 30.4 Å². The van der Waals surface area contributed by atoms with Crippen LogP contribution in [-0.4, -0.2) is 50.1 Å². The number of esters is 1. The molecule has 1 aliphatic heterocycles. The van der Waals surface area contributed by atoms with E-state index in [0.29, 0.717) is 24.3 Å². The minimum Gasteiger partial charge on any atom is -0.493 e. The lowest BCUT2D eigenvalue weighted by atomic mass is 10.1. The summed E-state index contributed by atoms with van der Waals surface area (Å²) in [4.78, 5) is 48.8. The van der Waals surface area contributed by atoms with Crippen LogP contribution in [0.1, 0.15) is 23.2 Å². The number of rotatable bonds is 8. The lowest BCUT2D eigenvalue weighted by molar-refractivity contribution is -0.385. The first-order chi connectivity index (χ1) is 15.3. The molecule has 2 amide bonds. The highest BCUT2D eigenvalue weighted by molar-refractivity contribution is 5.99. The van der Waals surface area contributed by atoms with Crippen molar-refractivity contribution in [1.82, 2.24) is 0 Å². The molecule has 0 unspecified atom stereocenters. The van der Waals surface area contributed by atoms with E-state index in [4.69, 9.17) is 14.2 Å². The lowest BCUT2D eigenvalue weighted by Gasteiger charge is -2.16. The molecule has 1 N–H and O–H groups in total. The third-order valence-corrected chi connectivity index (χ3v) is 4.77. The number of hydrogen-bond acceptors (Lipinski definition) is 8. The topological polar surface area (TPSA) is 137 Å². The number of methoxy groups -OCH3 is 2. The second kappa shape index (κ2) is 9.77. The van der Waals surface area contributed by atoms with Crippen LogP contribution in [0.4, 0.5) is 17.1 Å². The highest BCUT2D eigenvalue weighted by Gasteiger charge is 2.26. The number of hydrogen-bond donors (Lipinski definition) is 1. The van der Waals surface area contributed by atoms with E-state index in [1.54, 1.807) is 29.2 Å². The van der Waals surface area contributed by atoms with E-state index < -0.39 is 29.1 Å². The molecular formula is C21H21N3O8. The van der Waals surface area contributed by atoms with Crippen LogP contribution in [0, 0.1) is 10.1 Å². The van der Waals surface area contributed by atoms with Crippen molar-refractivity contribution in [3.05, 3.63) is 52.1 Å². The van der Waals surface area contributed by atoms with Gasteiger partial charge in [0.2, 0.25) is 5.91 Å². The largest absolute Gasteiger partial charge is 0.493 e. The number of benzene rings is 2. The van der Waals surface area contributed by atoms with Gasteiger partial charge in [0.25, 0.3) is 11.6 Å². The molecule has 2 aromatic carbocycles. The van der Waals surface area contributed by atoms with Crippen LogP contribution < -0.4 is 19.7 Å². The van der Waals surface area contributed by atoms with Gasteiger partial charge in [-0.3, -0.25) is 19.7 Å². The first kappa shape index (κ1) is 22.5. The van der Waals surface area contributed by atoms with Gasteiger partial charge in [0.15, 0.2) is 18.1 Å². The zero-order valence-electron chi connectivity index (χ0n) is 17.5. The van der Waals surface area contributed by atoms with Gasteiger partial charge < -0.3 is 24.4 Å². The van der Waals surface area contributed by atoms with Gasteiger partial charge in [-0.05, 0) is 24.6 Å². The monoisotopic (exact) mass is 443 g/mol. The Kier molecular flexibility index (Phi) is 6.88. The summed E-state index contributed by atoms with van der Waals surface area (Å²) in [6.07, 6.45) is 1.25. The van der Waals surface area contributed by atoms with Gasteiger partial charge in [-0.2, -0.15) is 0 Å². The van der Waals surface area contributed by atoms with Crippen molar-refractivity contribution >= 4 is 34.8 Å². The van der Waals surface area contributed by atoms with Crippen molar-refractivity contribution in [3.63, 3.8) is 0 Å². The average molecular weight is 443 g/mol. The molecule has 168 valence electrons. The molecule has 11 nitrogen and oxygen atoms in total. The van der Waals surface area contributed by atoms with E-state index in [1.807, 2.05) is 0 Å². The third kappa shape index (κ3) is 4.94. The molecule has 2 aromatic rings. The Bertz CT molecular complexity index is 1070. The summed E-state index contributed by atoms with van der Waals surface area (Å²) in [6.45, 7) is -0.0604. The third-order valence-electron chi connectivity index (χ3n) is 4.77. The Hall–Kier alpha value is -4.15. The molecule has 0 atom stereocenters. The van der Waals surface area contributed by atoms with Crippen LogP contribution >= 0.6 is 0 Å². The number of anilines is 2. The van der Waals surface area contributed by atoms with Gasteiger partial charge >= 0.3 is 5.97 Å². The number of nitrogens with one attached hydrogen (secondary N) is 1. The fourth-order valence-corrected chi connectivity index (χ4v) is 3.26. The summed E-state index contributed by atoms with van der Waals surface area (Å²) >= 11 is 0. The normalized spacial score (nSPS) is 12.9. The predicted octanol–water partition coefficient (Wildman–Crippen LogP) is 2.53. The van der Waals surface area contributed by atoms with Gasteiger partial charge in [0.05, 0.1) is 25.2 Å². The van der Waals surface area contributed by atoms with Crippen LogP contribution in [0.3, 0.4) is 0 Å². The van der Waals surface area contributed by atoms with Crippen LogP contribution in [0.5, 0.6) is 11.5 Å². The van der Waals surface area contributed by atoms with Crippen molar-refractivity contribution in [2.45, 2.75) is 12.8 Å². The molecule has 11 heteroatoms. The fraction of sp³-hybridized carbons (Fsp3) is 0.286. The summed E-state index contributed by atoms with van der Waals surface area (Å²) in [5.41, 5.74) is 0.148. The molecule has 0 bridgehead atoms. The van der Waals surface area contributed by atoms with E-state index in [-0.39, 0.29) is 23.0 Å². The van der Waals surface area contributed by atoms with Gasteiger partial charge in [0.1, 0.15) is 5.56 Å². The maximum Gasteiger partial charge on any atom is 0.345 e. The molecule has 0 aromatic heterocycles. The lowest BCUT2D eigenvalue weighted by Crippen LogP contribution is -2.24. The number of carbonyl (C=O) groups is 3. The van der Waals surface area contributed by atoms with Crippen molar-refractivity contribution < 1.29 is 33.5 Å². The number of nitrogens with zero attached hydrogens (tertiary/aromatic N) is 2.